The molecule has 5 heteroatoms. The fraction of sp³-hybridized carbons (Fsp3) is 0.243. The topological polar surface area (TPSA) is 88.1 Å². The SMILES string of the molecule is CC(C)(C)c1ccc(COc2ccccc2C=CC(CCc2ccc(C#N)cc2)Cc2ccc(C(=O)NN)cc2)cc1. The Kier molecular flexibility index (Phi) is 10.3. The minimum Gasteiger partial charge on any atom is -0.488 e. The van der Waals surface area contributed by atoms with E-state index in [-0.39, 0.29) is 17.2 Å². The first-order valence-electron chi connectivity index (χ1n) is 14.3. The number of nitrogens with zero attached hydrogens (tertiary/aromatic N) is 1. The van der Waals surface area contributed by atoms with Crippen LogP contribution in [0, 0.1) is 17.2 Å². The van der Waals surface area contributed by atoms with Crippen molar-refractivity contribution in [1.29, 1.82) is 5.26 Å². The third kappa shape index (κ3) is 8.67. The summed E-state index contributed by atoms with van der Waals surface area (Å²) in [6, 6.07) is 34.3. The summed E-state index contributed by atoms with van der Waals surface area (Å²) in [6.07, 6.45) is 7.04. The van der Waals surface area contributed by atoms with Gasteiger partial charge in [-0.3, -0.25) is 10.2 Å². The Morgan fingerprint density at radius 1 is 0.905 bits per heavy atom. The average molecular weight is 558 g/mol. The van der Waals surface area contributed by atoms with Crippen LogP contribution in [0.25, 0.3) is 6.08 Å². The maximum absolute atomic E-state index is 11.9. The summed E-state index contributed by atoms with van der Waals surface area (Å²) in [4.78, 5) is 11.9. The lowest BCUT2D eigenvalue weighted by molar-refractivity contribution is 0.0953. The number of benzene rings is 4. The van der Waals surface area contributed by atoms with Crippen LogP contribution in [-0.4, -0.2) is 5.91 Å². The van der Waals surface area contributed by atoms with Crippen molar-refractivity contribution in [2.75, 3.05) is 0 Å². The van der Waals surface area contributed by atoms with Crippen molar-refractivity contribution >= 4 is 12.0 Å². The van der Waals surface area contributed by atoms with Gasteiger partial charge in [0.15, 0.2) is 0 Å². The van der Waals surface area contributed by atoms with Crippen LogP contribution in [0.15, 0.2) is 103 Å². The predicted molar refractivity (Wildman–Crippen MR) is 170 cm³/mol. The molecule has 4 aromatic rings. The molecule has 0 heterocycles. The van der Waals surface area contributed by atoms with Gasteiger partial charge in [0, 0.05) is 11.1 Å². The fourth-order valence-corrected chi connectivity index (χ4v) is 4.79. The minimum absolute atomic E-state index is 0.120. The molecule has 0 saturated carbocycles. The van der Waals surface area contributed by atoms with Gasteiger partial charge in [-0.25, -0.2) is 5.84 Å². The van der Waals surface area contributed by atoms with Crippen molar-refractivity contribution in [2.24, 2.45) is 11.8 Å². The van der Waals surface area contributed by atoms with E-state index in [1.165, 1.54) is 11.1 Å². The number of rotatable bonds is 11. The third-order valence-corrected chi connectivity index (χ3v) is 7.41. The van der Waals surface area contributed by atoms with Gasteiger partial charge in [-0.1, -0.05) is 99.7 Å². The highest BCUT2D eigenvalue weighted by Crippen LogP contribution is 2.26. The van der Waals surface area contributed by atoms with E-state index in [2.05, 4.69) is 74.8 Å². The van der Waals surface area contributed by atoms with Crippen molar-refractivity contribution in [1.82, 2.24) is 5.43 Å². The zero-order valence-electron chi connectivity index (χ0n) is 24.6. The molecule has 0 saturated heterocycles. The van der Waals surface area contributed by atoms with E-state index >= 15 is 0 Å². The first-order chi connectivity index (χ1) is 20.2. The molecule has 4 rings (SSSR count). The zero-order valence-corrected chi connectivity index (χ0v) is 24.6. The molecule has 0 aliphatic rings. The number of nitrogens with one attached hydrogen (secondary N) is 1. The van der Waals surface area contributed by atoms with Gasteiger partial charge in [0.1, 0.15) is 12.4 Å². The number of hydrogen-bond donors (Lipinski definition) is 2. The predicted octanol–water partition coefficient (Wildman–Crippen LogP) is 7.54. The van der Waals surface area contributed by atoms with Crippen LogP contribution in [0.5, 0.6) is 5.75 Å². The van der Waals surface area contributed by atoms with Gasteiger partial charge >= 0.3 is 0 Å². The van der Waals surface area contributed by atoms with Crippen LogP contribution in [0.4, 0.5) is 0 Å². The molecule has 4 aromatic carbocycles. The third-order valence-electron chi connectivity index (χ3n) is 7.41. The number of nitrogen functional groups attached to an aromatic ring is 1. The molecule has 0 aliphatic carbocycles. The summed E-state index contributed by atoms with van der Waals surface area (Å²) >= 11 is 0. The number of amides is 1. The van der Waals surface area contributed by atoms with Crippen LogP contribution < -0.4 is 16.0 Å². The number of para-hydroxylation sites is 1. The molecule has 1 atom stereocenters. The van der Waals surface area contributed by atoms with Crippen molar-refractivity contribution in [3.63, 3.8) is 0 Å². The smallest absolute Gasteiger partial charge is 0.265 e. The molecule has 1 unspecified atom stereocenters. The molecule has 214 valence electrons. The maximum Gasteiger partial charge on any atom is 0.265 e. The Morgan fingerprint density at radius 3 is 2.19 bits per heavy atom. The lowest BCUT2D eigenvalue weighted by atomic mass is 9.87. The number of ether oxygens (including phenoxy) is 1. The minimum atomic E-state index is -0.305. The largest absolute Gasteiger partial charge is 0.488 e. The average Bonchev–Trinajstić information content (AvgIpc) is 3.01. The number of hydrazine groups is 1. The molecule has 0 spiro atoms. The van der Waals surface area contributed by atoms with E-state index in [1.54, 1.807) is 12.1 Å². The monoisotopic (exact) mass is 557 g/mol. The Labute approximate surface area is 249 Å². The second kappa shape index (κ2) is 14.3. The number of nitriles is 1. The van der Waals surface area contributed by atoms with Crippen LogP contribution in [0.2, 0.25) is 0 Å². The molecule has 0 aliphatic heterocycles. The van der Waals surface area contributed by atoms with Gasteiger partial charge in [-0.2, -0.15) is 5.26 Å². The number of nitrogens with two attached hydrogens (primary N) is 1. The van der Waals surface area contributed by atoms with Crippen molar-refractivity contribution in [2.45, 2.75) is 52.1 Å². The van der Waals surface area contributed by atoms with Gasteiger partial charge in [-0.15, -0.1) is 0 Å². The highest BCUT2D eigenvalue weighted by Gasteiger charge is 2.13. The zero-order chi connectivity index (χ0) is 30.0. The second-order valence-corrected chi connectivity index (χ2v) is 11.6. The first kappa shape index (κ1) is 30.3. The first-order valence-corrected chi connectivity index (χ1v) is 14.3. The van der Waals surface area contributed by atoms with Crippen LogP contribution in [-0.2, 0) is 24.9 Å². The van der Waals surface area contributed by atoms with Gasteiger partial charge in [0.2, 0.25) is 0 Å². The highest BCUT2D eigenvalue weighted by molar-refractivity contribution is 5.93. The Bertz CT molecular complexity index is 1520. The van der Waals surface area contributed by atoms with E-state index in [0.29, 0.717) is 17.7 Å². The maximum atomic E-state index is 11.9. The molecule has 42 heavy (non-hydrogen) atoms. The Morgan fingerprint density at radius 2 is 1.55 bits per heavy atom. The second-order valence-electron chi connectivity index (χ2n) is 11.6. The van der Waals surface area contributed by atoms with Gasteiger partial charge < -0.3 is 4.74 Å². The molecule has 0 bridgehead atoms. The summed E-state index contributed by atoms with van der Waals surface area (Å²) in [7, 11) is 0. The molecular formula is C37H39N3O2. The molecule has 5 nitrogen and oxygen atoms in total. The lowest BCUT2D eigenvalue weighted by Gasteiger charge is -2.19. The molecular weight excluding hydrogens is 518 g/mol. The summed E-state index contributed by atoms with van der Waals surface area (Å²) in [5, 5.41) is 9.12. The number of aryl methyl sites for hydroxylation is 1. The lowest BCUT2D eigenvalue weighted by Crippen LogP contribution is -2.29. The molecule has 0 fully saturated rings. The summed E-state index contributed by atoms with van der Waals surface area (Å²) in [5.74, 6) is 6.06. The van der Waals surface area contributed by atoms with Crippen molar-refractivity contribution in [3.8, 4) is 11.8 Å². The number of carbonyl (C=O) groups excluding carboxylic acids is 1. The van der Waals surface area contributed by atoms with E-state index < -0.39 is 0 Å². The number of carbonyl (C=O) groups is 1. The van der Waals surface area contributed by atoms with Gasteiger partial charge in [0.25, 0.3) is 5.91 Å². The summed E-state index contributed by atoms with van der Waals surface area (Å²) < 4.78 is 6.27. The standard InChI is InChI=1S/C37H39N3O2/c1-37(2,3)34-22-17-31(18-23-34)26-42-35-7-5-4-6-32(35)19-14-28(11-8-27-9-12-30(25-38)13-10-27)24-29-15-20-33(21-16-29)36(41)40-39/h4-7,9-10,12-23,28H,8,11,24,26,39H2,1-3H3,(H,40,41). The summed E-state index contributed by atoms with van der Waals surface area (Å²) in [5.41, 5.74) is 9.30. The molecule has 1 amide bonds. The normalized spacial score (nSPS) is 12.1. The fourth-order valence-electron chi connectivity index (χ4n) is 4.79. The Balaban J connectivity index is 1.49. The van der Waals surface area contributed by atoms with Gasteiger partial charge in [0.05, 0.1) is 11.6 Å². The van der Waals surface area contributed by atoms with Crippen LogP contribution in [0.3, 0.4) is 0 Å². The molecule has 3 N–H and O–H groups in total. The number of hydrogen-bond acceptors (Lipinski definition) is 4. The van der Waals surface area contributed by atoms with Crippen molar-refractivity contribution in [3.05, 3.63) is 142 Å². The van der Waals surface area contributed by atoms with Crippen LogP contribution >= 0.6 is 0 Å². The highest BCUT2D eigenvalue weighted by atomic mass is 16.5. The van der Waals surface area contributed by atoms with E-state index in [1.807, 2.05) is 54.6 Å². The van der Waals surface area contributed by atoms with E-state index in [4.69, 9.17) is 15.8 Å². The Hall–Kier alpha value is -4.66. The van der Waals surface area contributed by atoms with Crippen LogP contribution in [0.1, 0.15) is 70.9 Å². The van der Waals surface area contributed by atoms with Crippen molar-refractivity contribution < 1.29 is 9.53 Å². The molecule has 0 aromatic heterocycles. The van der Waals surface area contributed by atoms with E-state index in [9.17, 15) is 4.79 Å². The summed E-state index contributed by atoms with van der Waals surface area (Å²) in [6.45, 7) is 7.15. The van der Waals surface area contributed by atoms with E-state index in [0.717, 1.165) is 41.7 Å². The molecule has 0 radical (unpaired) electrons. The quantitative estimate of drug-likeness (QED) is 0.113. The number of allylic oxidation sites excluding steroid dienone is 1. The van der Waals surface area contributed by atoms with Gasteiger partial charge in [-0.05, 0) is 83.2 Å².